The van der Waals surface area contributed by atoms with E-state index in [1.807, 2.05) is 6.07 Å². The molecule has 0 spiro atoms. The van der Waals surface area contributed by atoms with Crippen molar-refractivity contribution in [3.8, 4) is 0 Å². The predicted octanol–water partition coefficient (Wildman–Crippen LogP) is 1.26. The third kappa shape index (κ3) is 4.35. The molecule has 26 heavy (non-hydrogen) atoms. The molecular formula is C18H19N5O3. The lowest BCUT2D eigenvalue weighted by atomic mass is 10.2. The first-order valence-corrected chi connectivity index (χ1v) is 8.23. The van der Waals surface area contributed by atoms with Gasteiger partial charge in [0.2, 0.25) is 11.8 Å². The van der Waals surface area contributed by atoms with Crippen molar-refractivity contribution in [2.45, 2.75) is 13.0 Å². The van der Waals surface area contributed by atoms with Gasteiger partial charge in [-0.1, -0.05) is 18.2 Å². The fraction of sp³-hybridized carbons (Fsp3) is 0.222. The molecule has 1 aliphatic heterocycles. The lowest BCUT2D eigenvalue weighted by Gasteiger charge is -2.29. The Kier molecular flexibility index (Phi) is 5.43. The zero-order valence-electron chi connectivity index (χ0n) is 14.1. The van der Waals surface area contributed by atoms with Crippen LogP contribution in [0.15, 0.2) is 48.8 Å². The summed E-state index contributed by atoms with van der Waals surface area (Å²) in [4.78, 5) is 41.3. The third-order valence-electron chi connectivity index (χ3n) is 3.86. The van der Waals surface area contributed by atoms with Gasteiger partial charge in [0, 0.05) is 31.9 Å². The van der Waals surface area contributed by atoms with Crippen molar-refractivity contribution in [2.24, 2.45) is 0 Å². The Bertz CT molecular complexity index is 809. The van der Waals surface area contributed by atoms with Crippen molar-refractivity contribution in [1.82, 2.24) is 15.6 Å². The predicted molar refractivity (Wildman–Crippen MR) is 96.5 cm³/mol. The summed E-state index contributed by atoms with van der Waals surface area (Å²) in [5.74, 6) is -0.431. The van der Waals surface area contributed by atoms with Crippen LogP contribution >= 0.6 is 0 Å². The molecule has 4 amide bonds. The van der Waals surface area contributed by atoms with E-state index >= 15 is 0 Å². The van der Waals surface area contributed by atoms with Gasteiger partial charge in [-0.15, -0.1) is 0 Å². The number of nitrogens with one attached hydrogen (secondary N) is 3. The third-order valence-corrected chi connectivity index (χ3v) is 3.86. The number of carbonyl (C=O) groups excluding carboxylic acids is 3. The molecule has 8 nitrogen and oxygen atoms in total. The first-order chi connectivity index (χ1) is 12.6. The maximum absolute atomic E-state index is 12.4. The average molecular weight is 353 g/mol. The molecule has 0 fully saturated rings. The van der Waals surface area contributed by atoms with Gasteiger partial charge in [0.1, 0.15) is 6.54 Å². The zero-order chi connectivity index (χ0) is 18.4. The number of amides is 4. The summed E-state index contributed by atoms with van der Waals surface area (Å²) in [6, 6.07) is 10.3. The number of rotatable bonds is 5. The topological polar surface area (TPSA) is 103 Å². The molecular weight excluding hydrogens is 334 g/mol. The molecule has 1 aromatic heterocycles. The Balaban J connectivity index is 1.47. The van der Waals surface area contributed by atoms with Crippen LogP contribution in [0, 0.1) is 0 Å². The number of nitrogens with zero attached hydrogens (tertiary/aromatic N) is 2. The van der Waals surface area contributed by atoms with Gasteiger partial charge in [0.25, 0.3) is 0 Å². The molecule has 134 valence electrons. The highest BCUT2D eigenvalue weighted by Gasteiger charge is 2.26. The van der Waals surface area contributed by atoms with Crippen LogP contribution in [-0.2, 0) is 16.1 Å². The quantitative estimate of drug-likeness (QED) is 0.753. The molecule has 0 saturated heterocycles. The lowest BCUT2D eigenvalue weighted by molar-refractivity contribution is -0.121. The second-order valence-corrected chi connectivity index (χ2v) is 5.77. The van der Waals surface area contributed by atoms with Crippen LogP contribution in [0.5, 0.6) is 0 Å². The average Bonchev–Trinajstić information content (AvgIpc) is 2.66. The van der Waals surface area contributed by atoms with E-state index in [0.717, 1.165) is 5.56 Å². The number of fused-ring (bicyclic) bond motifs is 1. The molecule has 8 heteroatoms. The SMILES string of the molecule is O=C(CCNC(=O)N1CC(=O)Nc2ccccc21)NCc1cccnc1. The summed E-state index contributed by atoms with van der Waals surface area (Å²) in [7, 11) is 0. The van der Waals surface area contributed by atoms with E-state index < -0.39 is 6.03 Å². The van der Waals surface area contributed by atoms with Crippen LogP contribution in [0.4, 0.5) is 16.2 Å². The minimum Gasteiger partial charge on any atom is -0.352 e. The Morgan fingerprint density at radius 3 is 2.81 bits per heavy atom. The monoisotopic (exact) mass is 353 g/mol. The van der Waals surface area contributed by atoms with Crippen LogP contribution in [-0.4, -0.2) is 35.9 Å². The first-order valence-electron chi connectivity index (χ1n) is 8.23. The first kappa shape index (κ1) is 17.4. The van der Waals surface area contributed by atoms with Crippen LogP contribution in [0.1, 0.15) is 12.0 Å². The van der Waals surface area contributed by atoms with E-state index in [9.17, 15) is 14.4 Å². The summed E-state index contributed by atoms with van der Waals surface area (Å²) in [6.45, 7) is 0.508. The molecule has 0 atom stereocenters. The van der Waals surface area contributed by atoms with Gasteiger partial charge < -0.3 is 16.0 Å². The summed E-state index contributed by atoms with van der Waals surface area (Å²) < 4.78 is 0. The Labute approximate surface area is 150 Å². The van der Waals surface area contributed by atoms with Crippen molar-refractivity contribution in [1.29, 1.82) is 0 Å². The Morgan fingerprint density at radius 1 is 1.15 bits per heavy atom. The second kappa shape index (κ2) is 8.11. The maximum Gasteiger partial charge on any atom is 0.322 e. The van der Waals surface area contributed by atoms with E-state index in [-0.39, 0.29) is 31.3 Å². The zero-order valence-corrected chi connectivity index (χ0v) is 14.1. The number of pyridine rings is 1. The van der Waals surface area contributed by atoms with Crippen LogP contribution in [0.3, 0.4) is 0 Å². The number of benzene rings is 1. The smallest absolute Gasteiger partial charge is 0.322 e. The molecule has 0 radical (unpaired) electrons. The van der Waals surface area contributed by atoms with Gasteiger partial charge in [0.05, 0.1) is 11.4 Å². The minimum atomic E-state index is -0.410. The largest absolute Gasteiger partial charge is 0.352 e. The number of aromatic nitrogens is 1. The lowest BCUT2D eigenvalue weighted by Crippen LogP contribution is -2.47. The molecule has 0 unspecified atom stereocenters. The van der Waals surface area contributed by atoms with Gasteiger partial charge in [-0.25, -0.2) is 4.79 Å². The molecule has 0 aliphatic carbocycles. The van der Waals surface area contributed by atoms with Gasteiger partial charge in [-0.2, -0.15) is 0 Å². The normalized spacial score (nSPS) is 12.8. The van der Waals surface area contributed by atoms with Gasteiger partial charge >= 0.3 is 6.03 Å². The maximum atomic E-state index is 12.4. The number of urea groups is 1. The van der Waals surface area contributed by atoms with Crippen molar-refractivity contribution in [3.63, 3.8) is 0 Å². The summed E-state index contributed by atoms with van der Waals surface area (Å²) in [5, 5.41) is 8.17. The molecule has 2 aromatic rings. The molecule has 3 rings (SSSR count). The highest BCUT2D eigenvalue weighted by Crippen LogP contribution is 2.28. The second-order valence-electron chi connectivity index (χ2n) is 5.77. The van der Waals surface area contributed by atoms with E-state index in [4.69, 9.17) is 0 Å². The molecule has 0 saturated carbocycles. The van der Waals surface area contributed by atoms with Crippen molar-refractivity contribution in [3.05, 3.63) is 54.4 Å². The number of anilines is 2. The molecule has 2 heterocycles. The number of carbonyl (C=O) groups is 3. The van der Waals surface area contributed by atoms with Crippen molar-refractivity contribution < 1.29 is 14.4 Å². The van der Waals surface area contributed by atoms with Crippen molar-refractivity contribution >= 4 is 29.2 Å². The highest BCUT2D eigenvalue weighted by molar-refractivity contribution is 6.09. The highest BCUT2D eigenvalue weighted by atomic mass is 16.2. The number of hydrogen-bond acceptors (Lipinski definition) is 4. The van der Waals surface area contributed by atoms with Gasteiger partial charge in [-0.05, 0) is 23.8 Å². The van der Waals surface area contributed by atoms with E-state index in [0.29, 0.717) is 17.9 Å². The fourth-order valence-corrected chi connectivity index (χ4v) is 2.58. The van der Waals surface area contributed by atoms with E-state index in [2.05, 4.69) is 20.9 Å². The molecule has 3 N–H and O–H groups in total. The molecule has 1 aromatic carbocycles. The van der Waals surface area contributed by atoms with E-state index in [1.165, 1.54) is 4.90 Å². The summed E-state index contributed by atoms with van der Waals surface area (Å²) in [6.07, 6.45) is 3.49. The molecule has 0 bridgehead atoms. The van der Waals surface area contributed by atoms with Gasteiger partial charge in [-0.3, -0.25) is 19.5 Å². The van der Waals surface area contributed by atoms with Gasteiger partial charge in [0.15, 0.2) is 0 Å². The standard InChI is InChI=1S/C18H19N5O3/c24-16(21-11-13-4-3-8-19-10-13)7-9-20-18(26)23-12-17(25)22-14-5-1-2-6-15(14)23/h1-6,8,10H,7,9,11-12H2,(H,20,26)(H,21,24)(H,22,25). The summed E-state index contributed by atoms with van der Waals surface area (Å²) in [5.41, 5.74) is 2.12. The molecule has 1 aliphatic rings. The fourth-order valence-electron chi connectivity index (χ4n) is 2.58. The van der Waals surface area contributed by atoms with Crippen LogP contribution in [0.2, 0.25) is 0 Å². The van der Waals surface area contributed by atoms with Crippen LogP contribution in [0.25, 0.3) is 0 Å². The Morgan fingerprint density at radius 2 is 2.00 bits per heavy atom. The van der Waals surface area contributed by atoms with Crippen molar-refractivity contribution in [2.75, 3.05) is 23.3 Å². The summed E-state index contributed by atoms with van der Waals surface area (Å²) >= 11 is 0. The number of hydrogen-bond donors (Lipinski definition) is 3. The number of para-hydroxylation sites is 2. The minimum absolute atomic E-state index is 0.0595. The Hall–Kier alpha value is -3.42. The van der Waals surface area contributed by atoms with E-state index in [1.54, 1.807) is 42.7 Å². The van der Waals surface area contributed by atoms with Crippen LogP contribution < -0.4 is 20.9 Å².